The molecule has 1 aliphatic rings. The van der Waals surface area contributed by atoms with Crippen molar-refractivity contribution in [1.82, 2.24) is 0 Å². The van der Waals surface area contributed by atoms with Crippen molar-refractivity contribution in [3.63, 3.8) is 0 Å². The van der Waals surface area contributed by atoms with Crippen molar-refractivity contribution in [2.75, 3.05) is 0 Å². The van der Waals surface area contributed by atoms with E-state index in [1.165, 1.54) is 53.6 Å². The summed E-state index contributed by atoms with van der Waals surface area (Å²) in [5, 5.41) is 3.69. The Kier molecular flexibility index (Phi) is 6.37. The van der Waals surface area contributed by atoms with Gasteiger partial charge in [0, 0.05) is 0 Å². The van der Waals surface area contributed by atoms with E-state index in [2.05, 4.69) is 115 Å². The molecule has 0 spiro atoms. The van der Waals surface area contributed by atoms with E-state index >= 15 is 0 Å². The highest BCUT2D eigenvalue weighted by Gasteiger charge is 2.49. The SMILES string of the molecule is c1ccc([P+](Oc2ccc(C3CCCCC3)cc2)(c2ccccc2)c2ccccc2)cc1. The van der Waals surface area contributed by atoms with Gasteiger partial charge in [-0.2, -0.15) is 0 Å². The lowest BCUT2D eigenvalue weighted by atomic mass is 9.84. The van der Waals surface area contributed by atoms with Gasteiger partial charge in [0.25, 0.3) is 7.49 Å². The molecule has 0 amide bonds. The quantitative estimate of drug-likeness (QED) is 0.295. The summed E-state index contributed by atoms with van der Waals surface area (Å²) >= 11 is 0. The second kappa shape index (κ2) is 9.72. The van der Waals surface area contributed by atoms with E-state index in [4.69, 9.17) is 4.52 Å². The monoisotopic (exact) mass is 437 g/mol. The molecule has 0 atom stereocenters. The van der Waals surface area contributed by atoms with Crippen LogP contribution in [-0.2, 0) is 0 Å². The van der Waals surface area contributed by atoms with Crippen molar-refractivity contribution in [1.29, 1.82) is 0 Å². The standard InChI is InChI=1S/C30H30OP/c1-5-13-25(14-6-1)26-21-23-27(24-22-26)31-32(28-15-7-2-8-16-28,29-17-9-3-10-18-29)30-19-11-4-12-20-30/h2-4,7-12,15-25H,1,5-6,13-14H2/q+1. The van der Waals surface area contributed by atoms with E-state index in [9.17, 15) is 0 Å². The summed E-state index contributed by atoms with van der Waals surface area (Å²) in [6.45, 7) is 0. The van der Waals surface area contributed by atoms with E-state index in [1.54, 1.807) is 0 Å². The minimum absolute atomic E-state index is 0.703. The highest BCUT2D eigenvalue weighted by Crippen LogP contribution is 2.56. The van der Waals surface area contributed by atoms with E-state index < -0.39 is 7.49 Å². The van der Waals surface area contributed by atoms with E-state index in [0.717, 1.165) is 5.75 Å². The molecule has 0 bridgehead atoms. The Labute approximate surface area is 192 Å². The smallest absolute Gasteiger partial charge is 0.287 e. The molecule has 5 rings (SSSR count). The number of benzene rings is 4. The van der Waals surface area contributed by atoms with Crippen molar-refractivity contribution >= 4 is 23.4 Å². The molecular formula is C30H30OP+. The Balaban J connectivity index is 1.60. The van der Waals surface area contributed by atoms with Crippen molar-refractivity contribution in [3.05, 3.63) is 121 Å². The molecule has 0 radical (unpaired) electrons. The second-order valence-corrected chi connectivity index (χ2v) is 11.6. The highest BCUT2D eigenvalue weighted by atomic mass is 31.2. The summed E-state index contributed by atoms with van der Waals surface area (Å²) in [6, 6.07) is 41.2. The number of rotatable bonds is 6. The largest absolute Gasteiger partial charge is 0.334 e. The molecule has 160 valence electrons. The summed E-state index contributed by atoms with van der Waals surface area (Å²) in [5.74, 6) is 1.64. The number of hydrogen-bond donors (Lipinski definition) is 0. The fourth-order valence-electron chi connectivity index (χ4n) is 4.91. The predicted molar refractivity (Wildman–Crippen MR) is 138 cm³/mol. The van der Waals surface area contributed by atoms with Gasteiger partial charge in [-0.15, -0.1) is 0 Å². The lowest BCUT2D eigenvalue weighted by Gasteiger charge is -2.26. The third-order valence-electron chi connectivity index (χ3n) is 6.56. The maximum Gasteiger partial charge on any atom is 0.287 e. The molecule has 4 aromatic rings. The van der Waals surface area contributed by atoms with Crippen LogP contribution in [-0.4, -0.2) is 0 Å². The molecule has 0 N–H and O–H groups in total. The third-order valence-corrected chi connectivity index (χ3v) is 10.1. The summed E-state index contributed by atoms with van der Waals surface area (Å²) in [7, 11) is -2.32. The first-order valence-corrected chi connectivity index (χ1v) is 13.4. The van der Waals surface area contributed by atoms with E-state index in [1.807, 2.05) is 0 Å². The van der Waals surface area contributed by atoms with Gasteiger partial charge >= 0.3 is 0 Å². The average Bonchev–Trinajstić information content (AvgIpc) is 2.90. The Bertz CT molecular complexity index is 1010. The minimum Gasteiger partial charge on any atom is -0.334 e. The summed E-state index contributed by atoms with van der Waals surface area (Å²) in [4.78, 5) is 0. The Hall–Kier alpha value is -2.89. The summed E-state index contributed by atoms with van der Waals surface area (Å²) in [5.41, 5.74) is 1.46. The summed E-state index contributed by atoms with van der Waals surface area (Å²) in [6.07, 6.45) is 6.72. The molecule has 0 saturated heterocycles. The van der Waals surface area contributed by atoms with Gasteiger partial charge in [-0.05, 0) is 72.9 Å². The van der Waals surface area contributed by atoms with Gasteiger partial charge in [0.05, 0.1) is 0 Å². The van der Waals surface area contributed by atoms with E-state index in [-0.39, 0.29) is 0 Å². The molecule has 0 aliphatic heterocycles. The van der Waals surface area contributed by atoms with Gasteiger partial charge in [-0.1, -0.05) is 86.0 Å². The molecule has 4 aromatic carbocycles. The van der Waals surface area contributed by atoms with Crippen LogP contribution in [0.5, 0.6) is 5.75 Å². The van der Waals surface area contributed by atoms with Crippen LogP contribution < -0.4 is 20.4 Å². The van der Waals surface area contributed by atoms with Gasteiger partial charge in [-0.3, -0.25) is 0 Å². The zero-order chi connectivity index (χ0) is 21.6. The predicted octanol–water partition coefficient (Wildman–Crippen LogP) is 7.02. The van der Waals surface area contributed by atoms with Gasteiger partial charge < -0.3 is 4.52 Å². The first-order valence-electron chi connectivity index (χ1n) is 11.7. The molecule has 1 saturated carbocycles. The molecule has 1 fully saturated rings. The molecule has 2 heteroatoms. The van der Waals surface area contributed by atoms with Crippen LogP contribution >= 0.6 is 7.49 Å². The van der Waals surface area contributed by atoms with Crippen LogP contribution in [0, 0.1) is 0 Å². The fraction of sp³-hybridized carbons (Fsp3) is 0.200. The Morgan fingerprint density at radius 2 is 0.938 bits per heavy atom. The average molecular weight is 438 g/mol. The summed E-state index contributed by atoms with van der Waals surface area (Å²) < 4.78 is 7.11. The Morgan fingerprint density at radius 1 is 0.500 bits per heavy atom. The molecule has 32 heavy (non-hydrogen) atoms. The Morgan fingerprint density at radius 3 is 1.38 bits per heavy atom. The molecule has 1 aliphatic carbocycles. The zero-order valence-electron chi connectivity index (χ0n) is 18.4. The lowest BCUT2D eigenvalue weighted by Crippen LogP contribution is -2.34. The fourth-order valence-corrected chi connectivity index (χ4v) is 8.34. The highest BCUT2D eigenvalue weighted by molar-refractivity contribution is 7.92. The van der Waals surface area contributed by atoms with Gasteiger partial charge in [0.1, 0.15) is 15.9 Å². The lowest BCUT2D eigenvalue weighted by molar-refractivity contribution is 0.443. The zero-order valence-corrected chi connectivity index (χ0v) is 19.3. The molecule has 0 aromatic heterocycles. The van der Waals surface area contributed by atoms with Crippen LogP contribution in [0.4, 0.5) is 0 Å². The van der Waals surface area contributed by atoms with Gasteiger partial charge in [0.15, 0.2) is 5.75 Å². The topological polar surface area (TPSA) is 9.23 Å². The molecule has 0 unspecified atom stereocenters. The normalized spacial score (nSPS) is 14.8. The van der Waals surface area contributed by atoms with Crippen molar-refractivity contribution in [2.45, 2.75) is 38.0 Å². The maximum atomic E-state index is 7.11. The first-order chi connectivity index (χ1) is 15.9. The van der Waals surface area contributed by atoms with E-state index in [0.29, 0.717) is 5.92 Å². The first kappa shape index (κ1) is 21.0. The molecular weight excluding hydrogens is 407 g/mol. The minimum atomic E-state index is -2.32. The van der Waals surface area contributed by atoms with Crippen LogP contribution in [0.1, 0.15) is 43.6 Å². The van der Waals surface area contributed by atoms with Crippen LogP contribution in [0.25, 0.3) is 0 Å². The second-order valence-electron chi connectivity index (χ2n) is 8.61. The molecule has 1 nitrogen and oxygen atoms in total. The van der Waals surface area contributed by atoms with Crippen LogP contribution in [0.2, 0.25) is 0 Å². The van der Waals surface area contributed by atoms with Crippen LogP contribution in [0.15, 0.2) is 115 Å². The van der Waals surface area contributed by atoms with Gasteiger partial charge in [-0.25, -0.2) is 0 Å². The maximum absolute atomic E-state index is 7.11. The molecule has 0 heterocycles. The third kappa shape index (κ3) is 4.23. The van der Waals surface area contributed by atoms with Crippen LogP contribution in [0.3, 0.4) is 0 Å². The van der Waals surface area contributed by atoms with Crippen molar-refractivity contribution < 1.29 is 4.52 Å². The van der Waals surface area contributed by atoms with Crippen molar-refractivity contribution in [3.8, 4) is 5.75 Å². The van der Waals surface area contributed by atoms with Gasteiger partial charge in [0.2, 0.25) is 0 Å². The van der Waals surface area contributed by atoms with Crippen molar-refractivity contribution in [2.24, 2.45) is 0 Å². The number of hydrogen-bond acceptors (Lipinski definition) is 1.